The normalized spacial score (nSPS) is 10.4. The monoisotopic (exact) mass is 285 g/mol. The summed E-state index contributed by atoms with van der Waals surface area (Å²) in [6, 6.07) is 14.4. The predicted octanol–water partition coefficient (Wildman–Crippen LogP) is 3.34. The van der Waals surface area contributed by atoms with Crippen molar-refractivity contribution in [2.75, 3.05) is 20.8 Å². The van der Waals surface area contributed by atoms with Gasteiger partial charge in [0.2, 0.25) is 0 Å². The van der Waals surface area contributed by atoms with Crippen molar-refractivity contribution in [3.05, 3.63) is 59.2 Å². The highest BCUT2D eigenvalue weighted by Crippen LogP contribution is 2.23. The topological polar surface area (TPSA) is 30.5 Å². The molecule has 2 rings (SSSR count). The van der Waals surface area contributed by atoms with Gasteiger partial charge < -0.3 is 14.8 Å². The summed E-state index contributed by atoms with van der Waals surface area (Å²) in [6.07, 6.45) is 1.03. The lowest BCUT2D eigenvalue weighted by Crippen LogP contribution is -2.17. The van der Waals surface area contributed by atoms with Gasteiger partial charge in [0.05, 0.1) is 14.2 Å². The molecule has 0 fully saturated rings. The standard InChI is InChI=1S/C18H23NO2/c1-14-6-4-5-7-15(14)10-11-19-13-16-12-17(20-2)8-9-18(16)21-3/h4-9,12,19H,10-11,13H2,1-3H3. The van der Waals surface area contributed by atoms with Gasteiger partial charge in [0.15, 0.2) is 0 Å². The minimum absolute atomic E-state index is 0.770. The molecule has 0 aromatic heterocycles. The second-order valence-corrected chi connectivity index (χ2v) is 5.03. The van der Waals surface area contributed by atoms with E-state index in [1.54, 1.807) is 14.2 Å². The van der Waals surface area contributed by atoms with E-state index in [2.05, 4.69) is 36.5 Å². The first-order valence-electron chi connectivity index (χ1n) is 7.20. The summed E-state index contributed by atoms with van der Waals surface area (Å²) < 4.78 is 10.6. The van der Waals surface area contributed by atoms with E-state index in [1.165, 1.54) is 11.1 Å². The molecular weight excluding hydrogens is 262 g/mol. The second-order valence-electron chi connectivity index (χ2n) is 5.03. The first-order valence-corrected chi connectivity index (χ1v) is 7.20. The van der Waals surface area contributed by atoms with Crippen LogP contribution in [0, 0.1) is 6.92 Å². The lowest BCUT2D eigenvalue weighted by molar-refractivity contribution is 0.397. The third-order valence-corrected chi connectivity index (χ3v) is 3.64. The van der Waals surface area contributed by atoms with Crippen LogP contribution in [0.4, 0.5) is 0 Å². The van der Waals surface area contributed by atoms with E-state index in [4.69, 9.17) is 9.47 Å². The number of rotatable bonds is 7. The predicted molar refractivity (Wildman–Crippen MR) is 86.1 cm³/mol. The van der Waals surface area contributed by atoms with Crippen molar-refractivity contribution in [3.63, 3.8) is 0 Å². The Morgan fingerprint density at radius 2 is 1.76 bits per heavy atom. The van der Waals surface area contributed by atoms with Gasteiger partial charge in [-0.25, -0.2) is 0 Å². The van der Waals surface area contributed by atoms with Gasteiger partial charge in [-0.3, -0.25) is 0 Å². The van der Waals surface area contributed by atoms with Crippen LogP contribution in [-0.4, -0.2) is 20.8 Å². The summed E-state index contributed by atoms with van der Waals surface area (Å²) in [6.45, 7) is 3.86. The molecule has 2 aromatic carbocycles. The maximum Gasteiger partial charge on any atom is 0.123 e. The van der Waals surface area contributed by atoms with Gasteiger partial charge >= 0.3 is 0 Å². The maximum atomic E-state index is 5.38. The Labute approximate surface area is 126 Å². The van der Waals surface area contributed by atoms with Crippen molar-refractivity contribution >= 4 is 0 Å². The molecule has 0 saturated heterocycles. The number of hydrogen-bond acceptors (Lipinski definition) is 3. The Balaban J connectivity index is 1.90. The fourth-order valence-electron chi connectivity index (χ4n) is 2.36. The highest BCUT2D eigenvalue weighted by molar-refractivity contribution is 5.40. The molecular formula is C18H23NO2. The van der Waals surface area contributed by atoms with Gasteiger partial charge in [-0.15, -0.1) is 0 Å². The minimum Gasteiger partial charge on any atom is -0.497 e. The third kappa shape index (κ3) is 4.23. The van der Waals surface area contributed by atoms with Gasteiger partial charge in [0, 0.05) is 12.1 Å². The van der Waals surface area contributed by atoms with Crippen LogP contribution < -0.4 is 14.8 Å². The summed E-state index contributed by atoms with van der Waals surface area (Å²) in [4.78, 5) is 0. The maximum absolute atomic E-state index is 5.38. The molecule has 112 valence electrons. The Morgan fingerprint density at radius 3 is 2.48 bits per heavy atom. The second kappa shape index (κ2) is 7.70. The summed E-state index contributed by atoms with van der Waals surface area (Å²) in [5.74, 6) is 1.74. The average molecular weight is 285 g/mol. The molecule has 0 spiro atoms. The van der Waals surface area contributed by atoms with E-state index in [1.807, 2.05) is 18.2 Å². The molecule has 0 aliphatic rings. The van der Waals surface area contributed by atoms with Gasteiger partial charge in [-0.05, 0) is 49.2 Å². The Hall–Kier alpha value is -2.00. The van der Waals surface area contributed by atoms with Crippen molar-refractivity contribution < 1.29 is 9.47 Å². The van der Waals surface area contributed by atoms with E-state index in [9.17, 15) is 0 Å². The summed E-state index contributed by atoms with van der Waals surface area (Å²) in [5.41, 5.74) is 3.85. The average Bonchev–Trinajstić information content (AvgIpc) is 2.52. The molecule has 0 bridgehead atoms. The number of hydrogen-bond donors (Lipinski definition) is 1. The van der Waals surface area contributed by atoms with Crippen molar-refractivity contribution in [1.29, 1.82) is 0 Å². The highest BCUT2D eigenvalue weighted by atomic mass is 16.5. The number of benzene rings is 2. The molecule has 1 N–H and O–H groups in total. The molecule has 0 atom stereocenters. The molecule has 3 heteroatoms. The van der Waals surface area contributed by atoms with Crippen molar-refractivity contribution in [2.45, 2.75) is 19.9 Å². The summed E-state index contributed by atoms with van der Waals surface area (Å²) in [7, 11) is 3.37. The molecule has 0 saturated carbocycles. The van der Waals surface area contributed by atoms with Crippen LogP contribution in [-0.2, 0) is 13.0 Å². The quantitative estimate of drug-likeness (QED) is 0.791. The van der Waals surface area contributed by atoms with E-state index in [-0.39, 0.29) is 0 Å². The molecule has 0 amide bonds. The summed E-state index contributed by atoms with van der Waals surface area (Å²) >= 11 is 0. The number of aryl methyl sites for hydroxylation is 1. The first-order chi connectivity index (χ1) is 10.2. The molecule has 0 aliphatic carbocycles. The first kappa shape index (κ1) is 15.4. The SMILES string of the molecule is COc1ccc(OC)c(CNCCc2ccccc2C)c1. The van der Waals surface area contributed by atoms with Gasteiger partial charge in [-0.1, -0.05) is 24.3 Å². The zero-order chi connectivity index (χ0) is 15.1. The molecule has 21 heavy (non-hydrogen) atoms. The molecule has 0 heterocycles. The fraction of sp³-hybridized carbons (Fsp3) is 0.333. The van der Waals surface area contributed by atoms with Crippen LogP contribution in [0.5, 0.6) is 11.5 Å². The van der Waals surface area contributed by atoms with Crippen molar-refractivity contribution in [2.24, 2.45) is 0 Å². The zero-order valence-electron chi connectivity index (χ0n) is 13.0. The Morgan fingerprint density at radius 1 is 0.952 bits per heavy atom. The van der Waals surface area contributed by atoms with Crippen LogP contribution in [0.1, 0.15) is 16.7 Å². The number of methoxy groups -OCH3 is 2. The number of ether oxygens (including phenoxy) is 2. The van der Waals surface area contributed by atoms with Crippen LogP contribution >= 0.6 is 0 Å². The van der Waals surface area contributed by atoms with Crippen molar-refractivity contribution in [3.8, 4) is 11.5 Å². The van der Waals surface area contributed by atoms with Gasteiger partial charge in [0.25, 0.3) is 0 Å². The smallest absolute Gasteiger partial charge is 0.123 e. The largest absolute Gasteiger partial charge is 0.497 e. The Bertz CT molecular complexity index is 581. The van der Waals surface area contributed by atoms with E-state index >= 15 is 0 Å². The zero-order valence-corrected chi connectivity index (χ0v) is 13.0. The van der Waals surface area contributed by atoms with Crippen molar-refractivity contribution in [1.82, 2.24) is 5.32 Å². The Kier molecular flexibility index (Phi) is 5.64. The summed E-state index contributed by atoms with van der Waals surface area (Å²) in [5, 5.41) is 3.47. The van der Waals surface area contributed by atoms with E-state index in [0.717, 1.165) is 36.6 Å². The lowest BCUT2D eigenvalue weighted by Gasteiger charge is -2.12. The van der Waals surface area contributed by atoms with Crippen LogP contribution in [0.2, 0.25) is 0 Å². The van der Waals surface area contributed by atoms with Crippen LogP contribution in [0.25, 0.3) is 0 Å². The van der Waals surface area contributed by atoms with Crippen LogP contribution in [0.15, 0.2) is 42.5 Å². The highest BCUT2D eigenvalue weighted by Gasteiger charge is 2.05. The number of nitrogens with one attached hydrogen (secondary N) is 1. The van der Waals surface area contributed by atoms with E-state index in [0.29, 0.717) is 0 Å². The molecule has 0 aliphatic heterocycles. The van der Waals surface area contributed by atoms with Gasteiger partial charge in [0.1, 0.15) is 11.5 Å². The third-order valence-electron chi connectivity index (χ3n) is 3.64. The lowest BCUT2D eigenvalue weighted by atomic mass is 10.1. The molecule has 3 nitrogen and oxygen atoms in total. The fourth-order valence-corrected chi connectivity index (χ4v) is 2.36. The van der Waals surface area contributed by atoms with Gasteiger partial charge in [-0.2, -0.15) is 0 Å². The molecule has 2 aromatic rings. The molecule has 0 radical (unpaired) electrons. The molecule has 0 unspecified atom stereocenters. The minimum atomic E-state index is 0.770. The van der Waals surface area contributed by atoms with Crippen LogP contribution in [0.3, 0.4) is 0 Å². The van der Waals surface area contributed by atoms with E-state index < -0.39 is 0 Å².